The number of ether oxygens (including phenoxy) is 1. The highest BCUT2D eigenvalue weighted by atomic mass is 16.5. The van der Waals surface area contributed by atoms with E-state index in [2.05, 4.69) is 22.5 Å². The first kappa shape index (κ1) is 19.5. The fourth-order valence-electron chi connectivity index (χ4n) is 3.81. The van der Waals surface area contributed by atoms with E-state index in [1.807, 2.05) is 47.1 Å². The largest absolute Gasteiger partial charge is 0.486 e. The van der Waals surface area contributed by atoms with Gasteiger partial charge in [0.05, 0.1) is 11.3 Å². The molecule has 152 valence electrons. The van der Waals surface area contributed by atoms with Gasteiger partial charge in [-0.3, -0.25) is 4.79 Å². The lowest BCUT2D eigenvalue weighted by molar-refractivity contribution is 0.0946. The van der Waals surface area contributed by atoms with E-state index in [1.165, 1.54) is 18.4 Å². The first-order chi connectivity index (χ1) is 14.2. The monoisotopic (exact) mass is 392 g/mol. The van der Waals surface area contributed by atoms with Gasteiger partial charge in [0.1, 0.15) is 18.0 Å². The zero-order valence-electron chi connectivity index (χ0n) is 16.9. The van der Waals surface area contributed by atoms with Crippen LogP contribution < -0.4 is 15.4 Å². The van der Waals surface area contributed by atoms with Crippen LogP contribution in [0.1, 0.15) is 40.9 Å². The summed E-state index contributed by atoms with van der Waals surface area (Å²) in [5, 5.41) is 6.46. The number of hydrogen-bond acceptors (Lipinski definition) is 4. The highest BCUT2D eigenvalue weighted by Gasteiger charge is 2.15. The van der Waals surface area contributed by atoms with Crippen molar-refractivity contribution in [3.63, 3.8) is 0 Å². The van der Waals surface area contributed by atoms with Crippen molar-refractivity contribution in [2.24, 2.45) is 5.92 Å². The molecule has 0 bridgehead atoms. The highest BCUT2D eigenvalue weighted by molar-refractivity contribution is 5.96. The summed E-state index contributed by atoms with van der Waals surface area (Å²) in [5.74, 6) is 1.14. The summed E-state index contributed by atoms with van der Waals surface area (Å²) in [7, 11) is 0. The number of amides is 1. The van der Waals surface area contributed by atoms with Gasteiger partial charge in [-0.15, -0.1) is 0 Å². The molecule has 1 amide bonds. The number of pyridine rings is 1. The van der Waals surface area contributed by atoms with Crippen LogP contribution in [0.4, 0.5) is 0 Å². The average molecular weight is 393 g/mol. The minimum Gasteiger partial charge on any atom is -0.486 e. The fourth-order valence-corrected chi connectivity index (χ4v) is 3.81. The summed E-state index contributed by atoms with van der Waals surface area (Å²) in [4.78, 5) is 17.2. The van der Waals surface area contributed by atoms with E-state index in [0.717, 1.165) is 30.9 Å². The highest BCUT2D eigenvalue weighted by Crippen LogP contribution is 2.20. The molecule has 1 aromatic carbocycles. The van der Waals surface area contributed by atoms with Crippen LogP contribution in [0.15, 0.2) is 48.8 Å². The van der Waals surface area contributed by atoms with Gasteiger partial charge in [0.2, 0.25) is 0 Å². The second-order valence-corrected chi connectivity index (χ2v) is 7.75. The number of hydrogen-bond donors (Lipinski definition) is 2. The van der Waals surface area contributed by atoms with E-state index in [9.17, 15) is 4.79 Å². The normalized spacial score (nSPS) is 16.7. The van der Waals surface area contributed by atoms with Gasteiger partial charge >= 0.3 is 0 Å². The molecule has 1 saturated heterocycles. The standard InChI is InChI=1S/C23H28N4O2/c1-17-8-9-22-26-19(15-27(22)14-17)16-29-21-7-3-2-6-20(21)23(28)25-12-10-18-5-4-11-24-13-18/h2-3,6-9,14-15,18,24H,4-5,10-13,16H2,1H3,(H,25,28). The van der Waals surface area contributed by atoms with Crippen LogP contribution in [-0.2, 0) is 6.61 Å². The number of rotatable bonds is 7. The molecule has 0 spiro atoms. The molecule has 0 saturated carbocycles. The van der Waals surface area contributed by atoms with Gasteiger partial charge in [-0.1, -0.05) is 18.2 Å². The first-order valence-corrected chi connectivity index (χ1v) is 10.3. The van der Waals surface area contributed by atoms with E-state index in [4.69, 9.17) is 4.74 Å². The van der Waals surface area contributed by atoms with Crippen molar-refractivity contribution in [2.45, 2.75) is 32.8 Å². The SMILES string of the molecule is Cc1ccc2nc(COc3ccccc3C(=O)NCCC3CCCNC3)cn2c1. The molecule has 0 aliphatic carbocycles. The zero-order valence-corrected chi connectivity index (χ0v) is 16.9. The predicted molar refractivity (Wildman–Crippen MR) is 113 cm³/mol. The minimum atomic E-state index is -0.0880. The maximum absolute atomic E-state index is 12.7. The Hall–Kier alpha value is -2.86. The van der Waals surface area contributed by atoms with E-state index in [1.54, 1.807) is 6.07 Å². The van der Waals surface area contributed by atoms with Gasteiger partial charge in [0.15, 0.2) is 0 Å². The molecule has 6 heteroatoms. The molecule has 3 heterocycles. The second-order valence-electron chi connectivity index (χ2n) is 7.75. The van der Waals surface area contributed by atoms with Gasteiger partial charge < -0.3 is 19.8 Å². The van der Waals surface area contributed by atoms with Gasteiger partial charge in [-0.2, -0.15) is 0 Å². The summed E-state index contributed by atoms with van der Waals surface area (Å²) in [6.07, 6.45) is 7.46. The molecule has 1 unspecified atom stereocenters. The molecule has 29 heavy (non-hydrogen) atoms. The topological polar surface area (TPSA) is 67.7 Å². The van der Waals surface area contributed by atoms with Crippen LogP contribution in [0.2, 0.25) is 0 Å². The van der Waals surface area contributed by atoms with E-state index in [-0.39, 0.29) is 5.91 Å². The molecule has 3 aromatic rings. The quantitative estimate of drug-likeness (QED) is 0.647. The van der Waals surface area contributed by atoms with Gasteiger partial charge in [0.25, 0.3) is 5.91 Å². The Kier molecular flexibility index (Phi) is 6.10. The third-order valence-corrected chi connectivity index (χ3v) is 5.39. The van der Waals surface area contributed by atoms with E-state index >= 15 is 0 Å². The molecule has 0 radical (unpaired) electrons. The average Bonchev–Trinajstić information content (AvgIpc) is 3.15. The molecule has 2 N–H and O–H groups in total. The summed E-state index contributed by atoms with van der Waals surface area (Å²) in [6.45, 7) is 5.22. The number of carbonyl (C=O) groups is 1. The first-order valence-electron chi connectivity index (χ1n) is 10.3. The smallest absolute Gasteiger partial charge is 0.255 e. The number of fused-ring (bicyclic) bond motifs is 1. The van der Waals surface area contributed by atoms with Crippen molar-refractivity contribution >= 4 is 11.6 Å². The van der Waals surface area contributed by atoms with Crippen LogP contribution in [-0.4, -0.2) is 34.9 Å². The molecule has 1 atom stereocenters. The Morgan fingerprint density at radius 3 is 3.03 bits per heavy atom. The number of nitrogens with zero attached hydrogens (tertiary/aromatic N) is 2. The lowest BCUT2D eigenvalue weighted by atomic mass is 9.96. The van der Waals surface area contributed by atoms with Crippen LogP contribution in [0, 0.1) is 12.8 Å². The summed E-state index contributed by atoms with van der Waals surface area (Å²) in [6, 6.07) is 11.4. The summed E-state index contributed by atoms with van der Waals surface area (Å²) in [5.41, 5.74) is 3.45. The molecular weight excluding hydrogens is 364 g/mol. The number of carbonyl (C=O) groups excluding carboxylic acids is 1. The number of para-hydroxylation sites is 1. The molecule has 1 aliphatic heterocycles. The molecular formula is C23H28N4O2. The molecule has 4 rings (SSSR count). The number of aromatic nitrogens is 2. The Balaban J connectivity index is 1.36. The summed E-state index contributed by atoms with van der Waals surface area (Å²) >= 11 is 0. The van der Waals surface area contributed by atoms with Crippen LogP contribution >= 0.6 is 0 Å². The molecule has 1 fully saturated rings. The number of aryl methyl sites for hydroxylation is 1. The van der Waals surface area contributed by atoms with Crippen molar-refractivity contribution in [3.05, 3.63) is 65.6 Å². The third kappa shape index (κ3) is 4.95. The number of benzene rings is 1. The Morgan fingerprint density at radius 1 is 1.28 bits per heavy atom. The lowest BCUT2D eigenvalue weighted by Gasteiger charge is -2.22. The maximum Gasteiger partial charge on any atom is 0.255 e. The van der Waals surface area contributed by atoms with Crippen molar-refractivity contribution in [1.29, 1.82) is 0 Å². The van der Waals surface area contributed by atoms with E-state index in [0.29, 0.717) is 30.4 Å². The number of nitrogens with one attached hydrogen (secondary N) is 2. The van der Waals surface area contributed by atoms with Crippen molar-refractivity contribution in [2.75, 3.05) is 19.6 Å². The summed E-state index contributed by atoms with van der Waals surface area (Å²) < 4.78 is 7.95. The van der Waals surface area contributed by atoms with Gasteiger partial charge in [-0.25, -0.2) is 4.98 Å². The minimum absolute atomic E-state index is 0.0880. The van der Waals surface area contributed by atoms with Crippen molar-refractivity contribution in [1.82, 2.24) is 20.0 Å². The van der Waals surface area contributed by atoms with Crippen LogP contribution in [0.3, 0.4) is 0 Å². The molecule has 6 nitrogen and oxygen atoms in total. The van der Waals surface area contributed by atoms with Crippen molar-refractivity contribution < 1.29 is 9.53 Å². The lowest BCUT2D eigenvalue weighted by Crippen LogP contribution is -2.33. The maximum atomic E-state index is 12.7. The zero-order chi connectivity index (χ0) is 20.1. The van der Waals surface area contributed by atoms with Gasteiger partial charge in [-0.05, 0) is 69.0 Å². The fraction of sp³-hybridized carbons (Fsp3) is 0.391. The van der Waals surface area contributed by atoms with Crippen LogP contribution in [0.25, 0.3) is 5.65 Å². The Labute approximate surface area is 171 Å². The number of imidazole rings is 1. The predicted octanol–water partition coefficient (Wildman–Crippen LogP) is 3.34. The van der Waals surface area contributed by atoms with Crippen LogP contribution in [0.5, 0.6) is 5.75 Å². The second kappa shape index (κ2) is 9.09. The Morgan fingerprint density at radius 2 is 2.17 bits per heavy atom. The molecule has 1 aliphatic rings. The van der Waals surface area contributed by atoms with Gasteiger partial charge in [0, 0.05) is 18.9 Å². The third-order valence-electron chi connectivity index (χ3n) is 5.39. The van der Waals surface area contributed by atoms with E-state index < -0.39 is 0 Å². The Bertz CT molecular complexity index is 976. The number of piperidine rings is 1. The van der Waals surface area contributed by atoms with Crippen molar-refractivity contribution in [3.8, 4) is 5.75 Å². The molecule has 2 aromatic heterocycles.